The predicted octanol–water partition coefficient (Wildman–Crippen LogP) is -2.51. The number of rotatable bonds is 19. The summed E-state index contributed by atoms with van der Waals surface area (Å²) in [6.07, 6.45) is 4.56. The summed E-state index contributed by atoms with van der Waals surface area (Å²) in [7, 11) is 0. The zero-order chi connectivity index (χ0) is 29.4. The van der Waals surface area contributed by atoms with Crippen LogP contribution in [0.1, 0.15) is 37.8 Å². The average molecular weight is 572 g/mol. The van der Waals surface area contributed by atoms with Crippen LogP contribution in [-0.2, 0) is 30.4 Å². The Balaban J connectivity index is 2.93. The summed E-state index contributed by atoms with van der Waals surface area (Å²) in [6, 6.07) is -4.77. The molecule has 0 aromatic carbocycles. The molecule has 0 fully saturated rings. The summed E-state index contributed by atoms with van der Waals surface area (Å²) in [4.78, 5) is 71.9. The summed E-state index contributed by atoms with van der Waals surface area (Å²) in [5, 5.41) is 26.0. The maximum absolute atomic E-state index is 13.1. The number of carboxylic acids is 2. The topological polar surface area (TPSA) is 281 Å². The van der Waals surface area contributed by atoms with Crippen molar-refractivity contribution in [1.82, 2.24) is 25.9 Å². The summed E-state index contributed by atoms with van der Waals surface area (Å²) < 4.78 is 0. The molecule has 39 heavy (non-hydrogen) atoms. The zero-order valence-electron chi connectivity index (χ0n) is 21.6. The Morgan fingerprint density at radius 2 is 1.62 bits per heavy atom. The number of thioether (sulfide) groups is 1. The largest absolute Gasteiger partial charge is 0.481 e. The minimum absolute atomic E-state index is 0.0668. The van der Waals surface area contributed by atoms with E-state index in [1.807, 2.05) is 0 Å². The van der Waals surface area contributed by atoms with E-state index in [-0.39, 0.29) is 38.2 Å². The van der Waals surface area contributed by atoms with E-state index in [0.29, 0.717) is 17.9 Å². The molecular formula is C22H37N9O7S. The second kappa shape index (κ2) is 17.6. The molecule has 17 heteroatoms. The van der Waals surface area contributed by atoms with Crippen LogP contribution in [0.25, 0.3) is 0 Å². The van der Waals surface area contributed by atoms with E-state index in [1.165, 1.54) is 24.3 Å². The van der Waals surface area contributed by atoms with Crippen molar-refractivity contribution in [2.24, 2.45) is 22.2 Å². The normalized spacial score (nSPS) is 13.8. The number of nitrogens with one attached hydrogen (secondary N) is 4. The van der Waals surface area contributed by atoms with Gasteiger partial charge in [-0.3, -0.25) is 24.2 Å². The first-order valence-electron chi connectivity index (χ1n) is 12.1. The number of H-pyrrole nitrogens is 1. The molecule has 0 aliphatic rings. The van der Waals surface area contributed by atoms with Crippen LogP contribution in [0.3, 0.4) is 0 Å². The second-order valence-corrected chi connectivity index (χ2v) is 9.56. The maximum Gasteiger partial charge on any atom is 0.326 e. The van der Waals surface area contributed by atoms with Gasteiger partial charge in [0, 0.05) is 31.3 Å². The standard InChI is InChI=1S/C22H37N9O7S/c1-39-8-6-15(20(36)31-16(21(37)38)9-12-10-26-11-28-12)30-19(35)14(4-5-17(32)33)29-18(34)13(23)3-2-7-27-22(24)25/h10-11,13-16H,2-9,23H2,1H3,(H,26,28)(H,29,34)(H,30,35)(H,31,36)(H,32,33)(H,37,38)(H4,24,25,27). The Labute approximate surface area is 229 Å². The van der Waals surface area contributed by atoms with Crippen molar-refractivity contribution in [1.29, 1.82) is 0 Å². The smallest absolute Gasteiger partial charge is 0.326 e. The lowest BCUT2D eigenvalue weighted by Gasteiger charge is -2.25. The molecule has 1 aromatic heterocycles. The highest BCUT2D eigenvalue weighted by atomic mass is 32.2. The number of aromatic nitrogens is 2. The summed E-state index contributed by atoms with van der Waals surface area (Å²) in [5.41, 5.74) is 16.9. The zero-order valence-corrected chi connectivity index (χ0v) is 22.4. The molecule has 1 rings (SSSR count). The van der Waals surface area contributed by atoms with Crippen molar-refractivity contribution in [3.63, 3.8) is 0 Å². The fourth-order valence-corrected chi connectivity index (χ4v) is 3.80. The number of carbonyl (C=O) groups is 5. The van der Waals surface area contributed by atoms with Gasteiger partial charge in [0.25, 0.3) is 0 Å². The van der Waals surface area contributed by atoms with Crippen molar-refractivity contribution in [2.45, 2.75) is 62.7 Å². The number of nitrogens with two attached hydrogens (primary N) is 3. The van der Waals surface area contributed by atoms with E-state index >= 15 is 0 Å². The number of nitrogens with zero attached hydrogens (tertiary/aromatic N) is 2. The van der Waals surface area contributed by atoms with E-state index in [4.69, 9.17) is 22.3 Å². The quantitative estimate of drug-likeness (QED) is 0.0473. The first kappa shape index (κ1) is 33.2. The van der Waals surface area contributed by atoms with E-state index in [9.17, 15) is 29.1 Å². The molecule has 218 valence electrons. The Hall–Kier alpha value is -3.86. The summed E-state index contributed by atoms with van der Waals surface area (Å²) in [5.74, 6) is -4.38. The monoisotopic (exact) mass is 571 g/mol. The van der Waals surface area contributed by atoms with Crippen molar-refractivity contribution >= 4 is 47.4 Å². The number of aromatic amines is 1. The van der Waals surface area contributed by atoms with Gasteiger partial charge in [-0.25, -0.2) is 9.78 Å². The van der Waals surface area contributed by atoms with Crippen LogP contribution in [0.4, 0.5) is 0 Å². The molecule has 4 unspecified atom stereocenters. The van der Waals surface area contributed by atoms with Crippen LogP contribution in [0.15, 0.2) is 17.5 Å². The number of hydrogen-bond acceptors (Lipinski definition) is 9. The molecule has 0 aliphatic carbocycles. The third-order valence-electron chi connectivity index (χ3n) is 5.42. The van der Waals surface area contributed by atoms with E-state index in [1.54, 1.807) is 6.26 Å². The van der Waals surface area contributed by atoms with Gasteiger partial charge >= 0.3 is 11.9 Å². The number of carboxylic acid groups (broad SMARTS) is 2. The molecule has 1 heterocycles. The Morgan fingerprint density at radius 1 is 1.00 bits per heavy atom. The number of guanidine groups is 1. The number of carbonyl (C=O) groups excluding carboxylic acids is 3. The number of aliphatic carboxylic acids is 2. The Bertz CT molecular complexity index is 987. The Morgan fingerprint density at radius 3 is 2.15 bits per heavy atom. The molecule has 0 radical (unpaired) electrons. The third kappa shape index (κ3) is 13.5. The van der Waals surface area contributed by atoms with Crippen LogP contribution in [0, 0.1) is 0 Å². The molecule has 4 atom stereocenters. The average Bonchev–Trinajstić information content (AvgIpc) is 3.38. The van der Waals surface area contributed by atoms with Crippen LogP contribution >= 0.6 is 11.8 Å². The number of aliphatic imine (C=N–C) groups is 1. The SMILES string of the molecule is CSCCC(NC(=O)C(CCC(=O)O)NC(=O)C(N)CCCN=C(N)N)C(=O)NC(Cc1cnc[nH]1)C(=O)O. The number of imidazole rings is 1. The molecular weight excluding hydrogens is 534 g/mol. The van der Waals surface area contributed by atoms with Gasteiger partial charge in [-0.1, -0.05) is 0 Å². The molecule has 12 N–H and O–H groups in total. The van der Waals surface area contributed by atoms with Gasteiger partial charge in [-0.2, -0.15) is 11.8 Å². The first-order chi connectivity index (χ1) is 18.4. The maximum atomic E-state index is 13.1. The lowest BCUT2D eigenvalue weighted by atomic mass is 10.1. The van der Waals surface area contributed by atoms with Gasteiger partial charge in [-0.15, -0.1) is 0 Å². The van der Waals surface area contributed by atoms with Gasteiger partial charge in [0.05, 0.1) is 12.4 Å². The highest BCUT2D eigenvalue weighted by Crippen LogP contribution is 2.07. The van der Waals surface area contributed by atoms with Gasteiger partial charge in [0.2, 0.25) is 17.7 Å². The lowest BCUT2D eigenvalue weighted by molar-refractivity contribution is -0.142. The molecule has 0 bridgehead atoms. The summed E-state index contributed by atoms with van der Waals surface area (Å²) >= 11 is 1.40. The highest BCUT2D eigenvalue weighted by Gasteiger charge is 2.30. The second-order valence-electron chi connectivity index (χ2n) is 8.57. The fourth-order valence-electron chi connectivity index (χ4n) is 3.33. The van der Waals surface area contributed by atoms with E-state index in [2.05, 4.69) is 30.9 Å². The van der Waals surface area contributed by atoms with Crippen LogP contribution in [0.2, 0.25) is 0 Å². The minimum Gasteiger partial charge on any atom is -0.481 e. The van der Waals surface area contributed by atoms with Gasteiger partial charge in [-0.05, 0) is 37.7 Å². The van der Waals surface area contributed by atoms with Gasteiger partial charge < -0.3 is 48.3 Å². The van der Waals surface area contributed by atoms with Gasteiger partial charge in [0.1, 0.15) is 18.1 Å². The molecule has 16 nitrogen and oxygen atoms in total. The van der Waals surface area contributed by atoms with E-state index < -0.39 is 60.2 Å². The van der Waals surface area contributed by atoms with Crippen molar-refractivity contribution in [3.8, 4) is 0 Å². The first-order valence-corrected chi connectivity index (χ1v) is 13.5. The highest BCUT2D eigenvalue weighted by molar-refractivity contribution is 7.98. The lowest BCUT2D eigenvalue weighted by Crippen LogP contribution is -2.57. The summed E-state index contributed by atoms with van der Waals surface area (Å²) in [6.45, 7) is 0.246. The van der Waals surface area contributed by atoms with Crippen LogP contribution in [-0.4, -0.2) is 98.5 Å². The van der Waals surface area contributed by atoms with Crippen molar-refractivity contribution in [3.05, 3.63) is 18.2 Å². The third-order valence-corrected chi connectivity index (χ3v) is 6.07. The van der Waals surface area contributed by atoms with Crippen LogP contribution in [0.5, 0.6) is 0 Å². The molecule has 0 saturated carbocycles. The molecule has 0 saturated heterocycles. The van der Waals surface area contributed by atoms with E-state index in [0.717, 1.165) is 0 Å². The van der Waals surface area contributed by atoms with Gasteiger partial charge in [0.15, 0.2) is 5.96 Å². The fraction of sp³-hybridized carbons (Fsp3) is 0.591. The van der Waals surface area contributed by atoms with Crippen LogP contribution < -0.4 is 33.2 Å². The molecule has 3 amide bonds. The minimum atomic E-state index is -1.30. The van der Waals surface area contributed by atoms with Crippen molar-refractivity contribution < 1.29 is 34.2 Å². The molecule has 1 aromatic rings. The number of hydrogen-bond donors (Lipinski definition) is 9. The molecule has 0 spiro atoms. The Kier molecular flexibility index (Phi) is 15.0. The number of amides is 3. The molecule has 0 aliphatic heterocycles. The van der Waals surface area contributed by atoms with Crippen molar-refractivity contribution in [2.75, 3.05) is 18.6 Å². The predicted molar refractivity (Wildman–Crippen MR) is 143 cm³/mol.